The van der Waals surface area contributed by atoms with Crippen molar-refractivity contribution in [1.82, 2.24) is 9.97 Å². The lowest BCUT2D eigenvalue weighted by molar-refractivity contribution is 1.04. The van der Waals surface area contributed by atoms with E-state index in [0.717, 1.165) is 17.8 Å². The Kier molecular flexibility index (Phi) is 2.09. The van der Waals surface area contributed by atoms with Gasteiger partial charge in [0.05, 0.1) is 5.69 Å². The van der Waals surface area contributed by atoms with Gasteiger partial charge in [0.15, 0.2) is 0 Å². The Labute approximate surface area is 102 Å². The first-order valence-corrected chi connectivity index (χ1v) is 6.00. The second-order valence-corrected chi connectivity index (χ2v) is 4.94. The fraction of sp³-hybridized carbons (Fsp3) is 0.333. The summed E-state index contributed by atoms with van der Waals surface area (Å²) in [5.41, 5.74) is 10.0. The molecule has 0 unspecified atom stereocenters. The second kappa shape index (κ2) is 3.39. The smallest absolute Gasteiger partial charge is 0.0526 e. The molecule has 0 aliphatic heterocycles. The third-order valence-electron chi connectivity index (χ3n) is 3.71. The molecule has 2 aromatic heterocycles. The SMILES string of the molecule is Cc1cnc2c(c1)-c1c(C)nc(C)c(C)c1C2. The highest BCUT2D eigenvalue weighted by atomic mass is 14.7. The Balaban J connectivity index is 2.36. The average Bonchev–Trinajstić information content (AvgIpc) is 2.65. The van der Waals surface area contributed by atoms with Crippen molar-refractivity contribution in [2.24, 2.45) is 0 Å². The van der Waals surface area contributed by atoms with Gasteiger partial charge in [-0.05, 0) is 50.5 Å². The van der Waals surface area contributed by atoms with Gasteiger partial charge in [-0.25, -0.2) is 0 Å². The molecule has 17 heavy (non-hydrogen) atoms. The van der Waals surface area contributed by atoms with Crippen molar-refractivity contribution < 1.29 is 0 Å². The molecule has 0 radical (unpaired) electrons. The zero-order chi connectivity index (χ0) is 12.2. The van der Waals surface area contributed by atoms with Gasteiger partial charge in [0.25, 0.3) is 0 Å². The summed E-state index contributed by atoms with van der Waals surface area (Å²) < 4.78 is 0. The van der Waals surface area contributed by atoms with E-state index in [0.29, 0.717) is 0 Å². The van der Waals surface area contributed by atoms with E-state index >= 15 is 0 Å². The largest absolute Gasteiger partial charge is 0.260 e. The molecule has 2 aromatic rings. The van der Waals surface area contributed by atoms with Gasteiger partial charge in [0.2, 0.25) is 0 Å². The second-order valence-electron chi connectivity index (χ2n) is 4.94. The third-order valence-corrected chi connectivity index (χ3v) is 3.71. The van der Waals surface area contributed by atoms with Gasteiger partial charge in [0.1, 0.15) is 0 Å². The van der Waals surface area contributed by atoms with Crippen molar-refractivity contribution in [2.45, 2.75) is 34.1 Å². The number of rotatable bonds is 0. The van der Waals surface area contributed by atoms with Crippen LogP contribution in [0.15, 0.2) is 12.3 Å². The van der Waals surface area contributed by atoms with Crippen molar-refractivity contribution >= 4 is 0 Å². The molecule has 1 aliphatic rings. The van der Waals surface area contributed by atoms with Crippen LogP contribution in [-0.2, 0) is 6.42 Å². The summed E-state index contributed by atoms with van der Waals surface area (Å²) in [5, 5.41) is 0. The highest BCUT2D eigenvalue weighted by Crippen LogP contribution is 2.39. The normalized spacial score (nSPS) is 12.5. The number of aryl methyl sites for hydroxylation is 3. The average molecular weight is 224 g/mol. The Morgan fingerprint density at radius 2 is 1.82 bits per heavy atom. The van der Waals surface area contributed by atoms with E-state index in [1.165, 1.54) is 33.5 Å². The van der Waals surface area contributed by atoms with Gasteiger partial charge >= 0.3 is 0 Å². The first-order valence-electron chi connectivity index (χ1n) is 6.00. The van der Waals surface area contributed by atoms with Gasteiger partial charge in [-0.3, -0.25) is 9.97 Å². The van der Waals surface area contributed by atoms with Crippen molar-refractivity contribution in [2.75, 3.05) is 0 Å². The number of hydrogen-bond acceptors (Lipinski definition) is 2. The summed E-state index contributed by atoms with van der Waals surface area (Å²) in [7, 11) is 0. The van der Waals surface area contributed by atoms with Gasteiger partial charge in [-0.1, -0.05) is 0 Å². The summed E-state index contributed by atoms with van der Waals surface area (Å²) >= 11 is 0. The van der Waals surface area contributed by atoms with E-state index in [2.05, 4.69) is 43.7 Å². The maximum absolute atomic E-state index is 4.65. The van der Waals surface area contributed by atoms with Crippen LogP contribution in [0.5, 0.6) is 0 Å². The molecule has 0 bridgehead atoms. The summed E-state index contributed by atoms with van der Waals surface area (Å²) in [6.07, 6.45) is 2.91. The van der Waals surface area contributed by atoms with Gasteiger partial charge in [-0.15, -0.1) is 0 Å². The number of fused-ring (bicyclic) bond motifs is 3. The molecule has 1 aliphatic carbocycles. The van der Waals surface area contributed by atoms with E-state index < -0.39 is 0 Å². The fourth-order valence-corrected chi connectivity index (χ4v) is 2.72. The molecular formula is C15H16N2. The minimum Gasteiger partial charge on any atom is -0.260 e. The topological polar surface area (TPSA) is 25.8 Å². The Bertz CT molecular complexity index is 627. The third kappa shape index (κ3) is 1.40. The van der Waals surface area contributed by atoms with Crippen LogP contribution in [0.4, 0.5) is 0 Å². The lowest BCUT2D eigenvalue weighted by Crippen LogP contribution is -1.97. The number of pyridine rings is 2. The van der Waals surface area contributed by atoms with E-state index in [1.807, 2.05) is 6.20 Å². The van der Waals surface area contributed by atoms with Gasteiger partial charge < -0.3 is 0 Å². The summed E-state index contributed by atoms with van der Waals surface area (Å²) in [5.74, 6) is 0. The van der Waals surface area contributed by atoms with Crippen LogP contribution in [0.3, 0.4) is 0 Å². The number of aromatic nitrogens is 2. The zero-order valence-electron chi connectivity index (χ0n) is 10.8. The van der Waals surface area contributed by atoms with Crippen LogP contribution in [0.25, 0.3) is 11.1 Å². The first-order chi connectivity index (χ1) is 8.08. The van der Waals surface area contributed by atoms with Crippen molar-refractivity contribution in [1.29, 1.82) is 0 Å². The monoisotopic (exact) mass is 224 g/mol. The minimum absolute atomic E-state index is 0.959. The molecule has 2 heteroatoms. The van der Waals surface area contributed by atoms with Gasteiger partial charge in [0, 0.05) is 35.1 Å². The van der Waals surface area contributed by atoms with Crippen LogP contribution < -0.4 is 0 Å². The minimum atomic E-state index is 0.959. The molecule has 2 nitrogen and oxygen atoms in total. The van der Waals surface area contributed by atoms with Crippen LogP contribution in [-0.4, -0.2) is 9.97 Å². The quantitative estimate of drug-likeness (QED) is 0.585. The molecule has 0 saturated heterocycles. The molecule has 86 valence electrons. The molecule has 0 fully saturated rings. The Morgan fingerprint density at radius 1 is 1.06 bits per heavy atom. The Morgan fingerprint density at radius 3 is 2.59 bits per heavy atom. The van der Waals surface area contributed by atoms with E-state index in [9.17, 15) is 0 Å². The summed E-state index contributed by atoms with van der Waals surface area (Å²) in [4.78, 5) is 9.20. The van der Waals surface area contributed by atoms with Crippen molar-refractivity contribution in [3.05, 3.63) is 46.0 Å². The number of nitrogens with zero attached hydrogens (tertiary/aromatic N) is 2. The standard InChI is InChI=1S/C15H16N2/c1-8-5-13-14(16-7-8)6-12-9(2)10(3)17-11(4)15(12)13/h5,7H,6H2,1-4H3. The summed E-state index contributed by atoms with van der Waals surface area (Å²) in [6, 6.07) is 2.23. The number of hydrogen-bond donors (Lipinski definition) is 0. The maximum Gasteiger partial charge on any atom is 0.0526 e. The molecule has 0 N–H and O–H groups in total. The van der Waals surface area contributed by atoms with Gasteiger partial charge in [-0.2, -0.15) is 0 Å². The lowest BCUT2D eigenvalue weighted by atomic mass is 10.00. The lowest BCUT2D eigenvalue weighted by Gasteiger charge is -2.10. The molecular weight excluding hydrogens is 208 g/mol. The first kappa shape index (κ1) is 10.5. The maximum atomic E-state index is 4.65. The van der Waals surface area contributed by atoms with Crippen LogP contribution in [0.1, 0.15) is 33.8 Å². The fourth-order valence-electron chi connectivity index (χ4n) is 2.72. The molecule has 2 heterocycles. The van der Waals surface area contributed by atoms with Crippen molar-refractivity contribution in [3.8, 4) is 11.1 Å². The molecule has 3 rings (SSSR count). The molecule has 0 spiro atoms. The van der Waals surface area contributed by atoms with Crippen molar-refractivity contribution in [3.63, 3.8) is 0 Å². The van der Waals surface area contributed by atoms with Crippen LogP contribution in [0.2, 0.25) is 0 Å². The molecule has 0 atom stereocenters. The van der Waals surface area contributed by atoms with E-state index in [1.54, 1.807) is 0 Å². The highest BCUT2D eigenvalue weighted by molar-refractivity contribution is 5.78. The van der Waals surface area contributed by atoms with E-state index in [-0.39, 0.29) is 0 Å². The zero-order valence-corrected chi connectivity index (χ0v) is 10.8. The summed E-state index contributed by atoms with van der Waals surface area (Å²) in [6.45, 7) is 8.45. The highest BCUT2D eigenvalue weighted by Gasteiger charge is 2.24. The molecule has 0 amide bonds. The van der Waals surface area contributed by atoms with E-state index in [4.69, 9.17) is 0 Å². The molecule has 0 aromatic carbocycles. The van der Waals surface area contributed by atoms with Crippen LogP contribution in [0, 0.1) is 27.7 Å². The van der Waals surface area contributed by atoms with Crippen LogP contribution >= 0.6 is 0 Å². The predicted molar refractivity (Wildman–Crippen MR) is 69.2 cm³/mol. The molecule has 0 saturated carbocycles. The predicted octanol–water partition coefficient (Wildman–Crippen LogP) is 3.28. The Hall–Kier alpha value is -1.70.